The third-order valence-electron chi connectivity index (χ3n) is 2.34. The Labute approximate surface area is 113 Å². The van der Waals surface area contributed by atoms with Crippen molar-refractivity contribution in [3.63, 3.8) is 0 Å². The van der Waals surface area contributed by atoms with Crippen molar-refractivity contribution in [2.24, 2.45) is 0 Å². The first-order valence-electron chi connectivity index (χ1n) is 5.50. The molecule has 0 aliphatic heterocycles. The highest BCUT2D eigenvalue weighted by Crippen LogP contribution is 2.23. The average Bonchev–Trinajstić information content (AvgIpc) is 2.69. The highest BCUT2D eigenvalue weighted by Gasteiger charge is 2.20. The molecule has 0 bridgehead atoms. The molecule has 0 saturated carbocycles. The van der Waals surface area contributed by atoms with Crippen LogP contribution in [0.15, 0.2) is 12.4 Å². The van der Waals surface area contributed by atoms with E-state index in [-0.39, 0.29) is 11.5 Å². The molecule has 19 heavy (non-hydrogen) atoms. The lowest BCUT2D eigenvalue weighted by molar-refractivity contribution is -0.385. The van der Waals surface area contributed by atoms with E-state index >= 15 is 0 Å². The van der Waals surface area contributed by atoms with E-state index in [1.54, 1.807) is 6.92 Å². The van der Waals surface area contributed by atoms with Crippen LogP contribution in [0.3, 0.4) is 0 Å². The van der Waals surface area contributed by atoms with Gasteiger partial charge in [0.25, 0.3) is 0 Å². The van der Waals surface area contributed by atoms with Gasteiger partial charge in [0.2, 0.25) is 11.8 Å². The molecule has 0 aliphatic carbocycles. The van der Waals surface area contributed by atoms with Gasteiger partial charge in [-0.05, 0) is 13.8 Å². The number of nitrogens with zero attached hydrogens (tertiary/aromatic N) is 5. The number of aromatic nitrogens is 4. The lowest BCUT2D eigenvalue weighted by Crippen LogP contribution is -2.09. The molecule has 0 amide bonds. The van der Waals surface area contributed by atoms with Gasteiger partial charge in [-0.15, -0.1) is 0 Å². The van der Waals surface area contributed by atoms with E-state index in [1.165, 1.54) is 10.9 Å². The van der Waals surface area contributed by atoms with Gasteiger partial charge in [0.1, 0.15) is 6.20 Å². The van der Waals surface area contributed by atoms with Crippen LogP contribution in [0, 0.1) is 17.0 Å². The topological polar surface area (TPSA) is 98.8 Å². The first-order chi connectivity index (χ1) is 9.02. The molecule has 0 aromatic carbocycles. The minimum absolute atomic E-state index is 0.0750. The van der Waals surface area contributed by atoms with Gasteiger partial charge in [-0.3, -0.25) is 10.1 Å². The Kier molecular flexibility index (Phi) is 3.61. The second-order valence-corrected chi connectivity index (χ2v) is 4.10. The molecule has 0 radical (unpaired) electrons. The molecule has 8 nitrogen and oxygen atoms in total. The predicted molar refractivity (Wildman–Crippen MR) is 69.7 cm³/mol. The standard InChI is InChI=1S/C10H11ClN6O2/c1-3-12-10-13-4-8(17(18)19)9(14-10)16-5-7(11)6(2)15-16/h4-5H,3H2,1-2H3,(H,12,13,14). The van der Waals surface area contributed by atoms with Gasteiger partial charge in [-0.1, -0.05) is 11.6 Å². The maximum atomic E-state index is 11.0. The summed E-state index contributed by atoms with van der Waals surface area (Å²) in [5, 5.41) is 18.4. The van der Waals surface area contributed by atoms with Crippen LogP contribution in [-0.2, 0) is 0 Å². The van der Waals surface area contributed by atoms with E-state index in [0.717, 1.165) is 6.20 Å². The number of nitrogens with one attached hydrogen (secondary N) is 1. The second kappa shape index (κ2) is 5.19. The van der Waals surface area contributed by atoms with Crippen molar-refractivity contribution in [2.45, 2.75) is 13.8 Å². The molecule has 1 N–H and O–H groups in total. The average molecular weight is 283 g/mol. The fraction of sp³-hybridized carbons (Fsp3) is 0.300. The molecule has 0 fully saturated rings. The number of anilines is 1. The molecular formula is C10H11ClN6O2. The molecule has 2 heterocycles. The number of hydrogen-bond donors (Lipinski definition) is 1. The Morgan fingerprint density at radius 1 is 1.58 bits per heavy atom. The van der Waals surface area contributed by atoms with Crippen LogP contribution < -0.4 is 5.32 Å². The molecule has 0 spiro atoms. The third-order valence-corrected chi connectivity index (χ3v) is 2.71. The lowest BCUT2D eigenvalue weighted by Gasteiger charge is -2.05. The van der Waals surface area contributed by atoms with Crippen molar-refractivity contribution in [2.75, 3.05) is 11.9 Å². The Balaban J connectivity index is 2.57. The summed E-state index contributed by atoms with van der Waals surface area (Å²) in [5.41, 5.74) is 0.334. The van der Waals surface area contributed by atoms with E-state index in [9.17, 15) is 10.1 Å². The largest absolute Gasteiger partial charge is 0.354 e. The molecular weight excluding hydrogens is 272 g/mol. The molecule has 0 unspecified atom stereocenters. The van der Waals surface area contributed by atoms with Crippen molar-refractivity contribution < 1.29 is 4.92 Å². The maximum Gasteiger partial charge on any atom is 0.332 e. The zero-order valence-electron chi connectivity index (χ0n) is 10.3. The summed E-state index contributed by atoms with van der Waals surface area (Å²) in [6, 6.07) is 0. The van der Waals surface area contributed by atoms with Gasteiger partial charge < -0.3 is 5.32 Å². The molecule has 2 rings (SSSR count). The van der Waals surface area contributed by atoms with Gasteiger partial charge in [0.05, 0.1) is 21.8 Å². The normalized spacial score (nSPS) is 10.5. The number of rotatable bonds is 4. The Morgan fingerprint density at radius 2 is 2.32 bits per heavy atom. The van der Waals surface area contributed by atoms with Crippen molar-refractivity contribution in [1.29, 1.82) is 0 Å². The summed E-state index contributed by atoms with van der Waals surface area (Å²) < 4.78 is 1.28. The fourth-order valence-corrected chi connectivity index (χ4v) is 1.58. The molecule has 100 valence electrons. The summed E-state index contributed by atoms with van der Waals surface area (Å²) in [4.78, 5) is 18.4. The van der Waals surface area contributed by atoms with Crippen LogP contribution in [0.5, 0.6) is 0 Å². The second-order valence-electron chi connectivity index (χ2n) is 3.70. The zero-order valence-corrected chi connectivity index (χ0v) is 11.0. The Bertz CT molecular complexity index is 607. The summed E-state index contributed by atoms with van der Waals surface area (Å²) in [7, 11) is 0. The number of halogens is 1. The molecule has 2 aromatic rings. The van der Waals surface area contributed by atoms with E-state index in [0.29, 0.717) is 23.2 Å². The molecule has 0 atom stereocenters. The molecule has 9 heteroatoms. The predicted octanol–water partition coefficient (Wildman–Crippen LogP) is 1.96. The first kappa shape index (κ1) is 13.2. The summed E-state index contributed by atoms with van der Waals surface area (Å²) in [5.74, 6) is 0.373. The minimum atomic E-state index is -0.560. The summed E-state index contributed by atoms with van der Waals surface area (Å²) >= 11 is 5.90. The molecule has 0 aliphatic rings. The van der Waals surface area contributed by atoms with Crippen molar-refractivity contribution in [3.8, 4) is 5.82 Å². The van der Waals surface area contributed by atoms with Gasteiger partial charge >= 0.3 is 5.69 Å². The van der Waals surface area contributed by atoms with Gasteiger partial charge in [-0.2, -0.15) is 10.1 Å². The molecule has 0 saturated heterocycles. The molecule has 2 aromatic heterocycles. The fourth-order valence-electron chi connectivity index (χ4n) is 1.45. The van der Waals surface area contributed by atoms with Gasteiger partial charge in [0, 0.05) is 6.54 Å². The summed E-state index contributed by atoms with van der Waals surface area (Å²) in [6.07, 6.45) is 2.62. The van der Waals surface area contributed by atoms with Crippen molar-refractivity contribution >= 4 is 23.2 Å². The highest BCUT2D eigenvalue weighted by atomic mass is 35.5. The highest BCUT2D eigenvalue weighted by molar-refractivity contribution is 6.31. The van der Waals surface area contributed by atoms with Gasteiger partial charge in [0.15, 0.2) is 0 Å². The number of hydrogen-bond acceptors (Lipinski definition) is 6. The quantitative estimate of drug-likeness (QED) is 0.680. The van der Waals surface area contributed by atoms with Crippen LogP contribution >= 0.6 is 11.6 Å². The number of nitro groups is 1. The van der Waals surface area contributed by atoms with Gasteiger partial charge in [-0.25, -0.2) is 9.67 Å². The first-order valence-corrected chi connectivity index (χ1v) is 5.88. The van der Waals surface area contributed by atoms with E-state index in [1.807, 2.05) is 6.92 Å². The van der Waals surface area contributed by atoms with E-state index in [2.05, 4.69) is 20.4 Å². The van der Waals surface area contributed by atoms with Crippen molar-refractivity contribution in [1.82, 2.24) is 19.7 Å². The van der Waals surface area contributed by atoms with Crippen molar-refractivity contribution in [3.05, 3.63) is 33.2 Å². The zero-order chi connectivity index (χ0) is 14.0. The SMILES string of the molecule is CCNc1ncc([N+](=O)[O-])c(-n2cc(Cl)c(C)n2)n1. The third kappa shape index (κ3) is 2.63. The number of aryl methyl sites for hydroxylation is 1. The Morgan fingerprint density at radius 3 is 2.84 bits per heavy atom. The van der Waals surface area contributed by atoms with Crippen LogP contribution in [0.25, 0.3) is 5.82 Å². The van der Waals surface area contributed by atoms with E-state index in [4.69, 9.17) is 11.6 Å². The van der Waals surface area contributed by atoms with E-state index < -0.39 is 4.92 Å². The minimum Gasteiger partial charge on any atom is -0.354 e. The van der Waals surface area contributed by atoms with Crippen LogP contribution in [0.2, 0.25) is 5.02 Å². The Hall–Kier alpha value is -2.22. The van der Waals surface area contributed by atoms with Crippen LogP contribution in [0.4, 0.5) is 11.6 Å². The monoisotopic (exact) mass is 282 g/mol. The van der Waals surface area contributed by atoms with Crippen LogP contribution in [-0.4, -0.2) is 31.2 Å². The smallest absolute Gasteiger partial charge is 0.332 e. The summed E-state index contributed by atoms with van der Waals surface area (Å²) in [6.45, 7) is 4.19. The maximum absolute atomic E-state index is 11.0. The van der Waals surface area contributed by atoms with Crippen LogP contribution in [0.1, 0.15) is 12.6 Å². The lowest BCUT2D eigenvalue weighted by atomic mass is 10.5.